The molecule has 0 aliphatic rings. The lowest BCUT2D eigenvalue weighted by Gasteiger charge is -2.12. The number of rotatable bonds is 6. The predicted molar refractivity (Wildman–Crippen MR) is 235 cm³/mol. The highest BCUT2D eigenvalue weighted by molar-refractivity contribution is 6.23. The van der Waals surface area contributed by atoms with Gasteiger partial charge in [0.1, 0.15) is 11.2 Å². The highest BCUT2D eigenvalue weighted by atomic mass is 16.3. The van der Waals surface area contributed by atoms with E-state index >= 15 is 0 Å². The zero-order valence-corrected chi connectivity index (χ0v) is 30.8. The molecule has 11 aromatic rings. The third-order valence-corrected chi connectivity index (χ3v) is 11.0. The van der Waals surface area contributed by atoms with Crippen LogP contribution in [0.1, 0.15) is 0 Å². The molecule has 57 heavy (non-hydrogen) atoms. The Morgan fingerprint density at radius 3 is 1.42 bits per heavy atom. The van der Waals surface area contributed by atoms with Crippen LogP contribution in [0, 0.1) is 0 Å². The van der Waals surface area contributed by atoms with Crippen LogP contribution in [0.2, 0.25) is 0 Å². The van der Waals surface area contributed by atoms with E-state index < -0.39 is 0 Å². The average Bonchev–Trinajstić information content (AvgIpc) is 3.68. The van der Waals surface area contributed by atoms with Gasteiger partial charge in [-0.05, 0) is 61.7 Å². The molecule has 0 amide bonds. The minimum absolute atomic E-state index is 0.601. The van der Waals surface area contributed by atoms with E-state index in [1.807, 2.05) is 12.1 Å². The number of hydrogen-bond acceptors (Lipinski definition) is 4. The van der Waals surface area contributed by atoms with Crippen LogP contribution in [0.3, 0.4) is 0 Å². The van der Waals surface area contributed by atoms with Crippen molar-refractivity contribution < 1.29 is 4.42 Å². The number of benzene rings is 9. The molecule has 9 aromatic carbocycles. The van der Waals surface area contributed by atoms with Gasteiger partial charge in [-0.1, -0.05) is 188 Å². The van der Waals surface area contributed by atoms with Crippen LogP contribution in [0.15, 0.2) is 205 Å². The van der Waals surface area contributed by atoms with E-state index in [-0.39, 0.29) is 0 Å². The zero-order valence-electron chi connectivity index (χ0n) is 30.8. The SMILES string of the molecule is c1ccc(-c2ccc(-c3nc(-c4ccc(-c5ccccc5)cc4)nc(-c4cc5c(oc6cccc(-c7cccc8ccccc78)c65)c5ccccc45)n3)cc2)cc1. The summed E-state index contributed by atoms with van der Waals surface area (Å²) in [6.07, 6.45) is 0. The molecule has 0 N–H and O–H groups in total. The molecule has 4 nitrogen and oxygen atoms in total. The molecule has 0 unspecified atom stereocenters. The lowest BCUT2D eigenvalue weighted by atomic mass is 9.93. The number of nitrogens with zero attached hydrogens (tertiary/aromatic N) is 3. The van der Waals surface area contributed by atoms with Crippen molar-refractivity contribution in [1.29, 1.82) is 0 Å². The van der Waals surface area contributed by atoms with E-state index in [1.54, 1.807) is 0 Å². The van der Waals surface area contributed by atoms with Crippen LogP contribution in [-0.2, 0) is 0 Å². The van der Waals surface area contributed by atoms with Crippen molar-refractivity contribution in [3.05, 3.63) is 200 Å². The summed E-state index contributed by atoms with van der Waals surface area (Å²) in [4.78, 5) is 15.6. The second kappa shape index (κ2) is 13.6. The molecule has 0 spiro atoms. The third-order valence-electron chi connectivity index (χ3n) is 11.0. The van der Waals surface area contributed by atoms with E-state index in [1.165, 1.54) is 16.3 Å². The molecule has 266 valence electrons. The summed E-state index contributed by atoms with van der Waals surface area (Å²) >= 11 is 0. The number of furan rings is 1. The number of fused-ring (bicyclic) bond motifs is 6. The Kier molecular flexibility index (Phi) is 7.78. The molecule has 0 bridgehead atoms. The second-order valence-corrected chi connectivity index (χ2v) is 14.3. The van der Waals surface area contributed by atoms with Crippen molar-refractivity contribution in [2.75, 3.05) is 0 Å². The fourth-order valence-corrected chi connectivity index (χ4v) is 8.16. The van der Waals surface area contributed by atoms with Crippen molar-refractivity contribution in [2.45, 2.75) is 0 Å². The van der Waals surface area contributed by atoms with Crippen molar-refractivity contribution in [1.82, 2.24) is 15.0 Å². The Morgan fingerprint density at radius 2 is 0.772 bits per heavy atom. The summed E-state index contributed by atoms with van der Waals surface area (Å²) < 4.78 is 6.76. The minimum atomic E-state index is 0.601. The van der Waals surface area contributed by atoms with E-state index in [9.17, 15) is 0 Å². The minimum Gasteiger partial charge on any atom is -0.455 e. The molecular formula is C53H33N3O. The Labute approximate surface area is 329 Å². The van der Waals surface area contributed by atoms with Gasteiger partial charge < -0.3 is 4.42 Å². The summed E-state index contributed by atoms with van der Waals surface area (Å²) in [6, 6.07) is 69.8. The Morgan fingerprint density at radius 1 is 0.298 bits per heavy atom. The first-order valence-corrected chi connectivity index (χ1v) is 19.2. The highest BCUT2D eigenvalue weighted by Gasteiger charge is 2.21. The van der Waals surface area contributed by atoms with Crippen LogP contribution in [0.5, 0.6) is 0 Å². The lowest BCUT2D eigenvalue weighted by Crippen LogP contribution is -2.01. The van der Waals surface area contributed by atoms with Crippen LogP contribution in [-0.4, -0.2) is 15.0 Å². The standard InChI is InChI=1S/C53H33N3O/c1-3-13-34(14-4-1)36-25-29-39(30-26-36)51-54-52(40-31-27-37(28-32-40)35-15-5-2-6-16-35)56-53(55-51)46-33-47-49-44(42-22-11-18-38-17-7-8-19-41(38)42)23-12-24-48(49)57-50(47)45-21-10-9-20-43(45)46/h1-33H. The van der Waals surface area contributed by atoms with Gasteiger partial charge in [0, 0.05) is 32.8 Å². The van der Waals surface area contributed by atoms with Gasteiger partial charge in [0.25, 0.3) is 0 Å². The molecule has 0 atom stereocenters. The lowest BCUT2D eigenvalue weighted by molar-refractivity contribution is 0.673. The van der Waals surface area contributed by atoms with Gasteiger partial charge in [0.05, 0.1) is 0 Å². The predicted octanol–water partition coefficient (Wildman–Crippen LogP) is 14.1. The molecule has 0 aliphatic heterocycles. The summed E-state index contributed by atoms with van der Waals surface area (Å²) in [7, 11) is 0. The van der Waals surface area contributed by atoms with Crippen LogP contribution < -0.4 is 0 Å². The van der Waals surface area contributed by atoms with E-state index in [0.717, 1.165) is 77.2 Å². The molecule has 2 heterocycles. The normalized spacial score (nSPS) is 11.5. The number of hydrogen-bond donors (Lipinski definition) is 0. The van der Waals surface area contributed by atoms with Crippen molar-refractivity contribution in [2.24, 2.45) is 0 Å². The Balaban J connectivity index is 1.14. The Bertz CT molecular complexity index is 3160. The molecule has 0 radical (unpaired) electrons. The quantitative estimate of drug-likeness (QED) is 0.171. The first-order valence-electron chi connectivity index (χ1n) is 19.2. The van der Waals surface area contributed by atoms with E-state index in [4.69, 9.17) is 19.4 Å². The topological polar surface area (TPSA) is 51.8 Å². The fourth-order valence-electron chi connectivity index (χ4n) is 8.16. The molecule has 0 saturated carbocycles. The summed E-state index contributed by atoms with van der Waals surface area (Å²) in [5.74, 6) is 1.82. The summed E-state index contributed by atoms with van der Waals surface area (Å²) in [6.45, 7) is 0. The molecule has 2 aromatic heterocycles. The molecule has 0 aliphatic carbocycles. The van der Waals surface area contributed by atoms with Gasteiger partial charge in [0.2, 0.25) is 0 Å². The van der Waals surface area contributed by atoms with E-state index in [0.29, 0.717) is 17.5 Å². The molecular weight excluding hydrogens is 695 g/mol. The van der Waals surface area contributed by atoms with Gasteiger partial charge >= 0.3 is 0 Å². The summed E-state index contributed by atoms with van der Waals surface area (Å²) in [5.41, 5.74) is 11.3. The van der Waals surface area contributed by atoms with Crippen molar-refractivity contribution in [3.63, 3.8) is 0 Å². The van der Waals surface area contributed by atoms with Gasteiger partial charge in [-0.15, -0.1) is 0 Å². The Hall–Kier alpha value is -7.69. The largest absolute Gasteiger partial charge is 0.455 e. The zero-order chi connectivity index (χ0) is 37.7. The first-order chi connectivity index (χ1) is 28.2. The first kappa shape index (κ1) is 32.7. The van der Waals surface area contributed by atoms with Gasteiger partial charge in [-0.3, -0.25) is 0 Å². The maximum absolute atomic E-state index is 6.76. The maximum atomic E-state index is 6.76. The van der Waals surface area contributed by atoms with Crippen LogP contribution in [0.4, 0.5) is 0 Å². The molecule has 0 fully saturated rings. The van der Waals surface area contributed by atoms with Crippen LogP contribution in [0.25, 0.3) is 111 Å². The monoisotopic (exact) mass is 727 g/mol. The molecule has 4 heteroatoms. The third kappa shape index (κ3) is 5.74. The van der Waals surface area contributed by atoms with Crippen molar-refractivity contribution in [3.8, 4) is 67.5 Å². The average molecular weight is 728 g/mol. The van der Waals surface area contributed by atoms with Crippen molar-refractivity contribution >= 4 is 43.5 Å². The number of aromatic nitrogens is 3. The van der Waals surface area contributed by atoms with Gasteiger partial charge in [-0.2, -0.15) is 0 Å². The molecule has 0 saturated heterocycles. The smallest absolute Gasteiger partial charge is 0.164 e. The van der Waals surface area contributed by atoms with E-state index in [2.05, 4.69) is 188 Å². The fraction of sp³-hybridized carbons (Fsp3) is 0. The van der Waals surface area contributed by atoms with Gasteiger partial charge in [-0.25, -0.2) is 15.0 Å². The maximum Gasteiger partial charge on any atom is 0.164 e. The summed E-state index contributed by atoms with van der Waals surface area (Å²) in [5, 5.41) is 6.50. The highest BCUT2D eigenvalue weighted by Crippen LogP contribution is 2.44. The molecule has 11 rings (SSSR count). The van der Waals surface area contributed by atoms with Gasteiger partial charge in [0.15, 0.2) is 17.5 Å². The second-order valence-electron chi connectivity index (χ2n) is 14.3. The van der Waals surface area contributed by atoms with Crippen LogP contribution >= 0.6 is 0 Å².